The first kappa shape index (κ1) is 23.8. The van der Waals surface area contributed by atoms with Crippen LogP contribution in [0, 0.1) is 0 Å². The summed E-state index contributed by atoms with van der Waals surface area (Å²) >= 11 is 0. The van der Waals surface area contributed by atoms with Gasteiger partial charge >= 0.3 is 0 Å². The van der Waals surface area contributed by atoms with Crippen LogP contribution in [0.5, 0.6) is 11.5 Å². The standard InChI is InChI=1S/C34H29NO3/c36-33-20-19-28(38-23-25-11-3-1-4-12-25)21-31(33)34(37)24-35(32-18-10-9-17-30(32)34)22-27-15-7-8-16-29(27)26-13-5-2-6-14-26/h1-21,36-37H,22-24H2. The molecule has 1 aliphatic heterocycles. The van der Waals surface area contributed by atoms with Gasteiger partial charge in [-0.05, 0) is 46.5 Å². The number of nitrogens with zero attached hydrogens (tertiary/aromatic N) is 1. The SMILES string of the molecule is Oc1ccc(OCc2ccccc2)cc1C1(O)CN(Cc2ccccc2-c2ccccc2)c2ccccc21. The average Bonchev–Trinajstić information content (AvgIpc) is 3.26. The highest BCUT2D eigenvalue weighted by atomic mass is 16.5. The van der Waals surface area contributed by atoms with E-state index in [9.17, 15) is 10.2 Å². The predicted octanol–water partition coefficient (Wildman–Crippen LogP) is 6.89. The van der Waals surface area contributed by atoms with Crippen molar-refractivity contribution in [3.63, 3.8) is 0 Å². The van der Waals surface area contributed by atoms with E-state index in [-0.39, 0.29) is 5.75 Å². The molecule has 6 rings (SSSR count). The normalized spacial score (nSPS) is 16.3. The lowest BCUT2D eigenvalue weighted by Gasteiger charge is -2.27. The van der Waals surface area contributed by atoms with Crippen molar-refractivity contribution in [1.82, 2.24) is 0 Å². The molecule has 1 atom stereocenters. The molecule has 0 saturated carbocycles. The maximum absolute atomic E-state index is 12.2. The second-order valence-corrected chi connectivity index (χ2v) is 9.71. The molecule has 0 radical (unpaired) electrons. The Hall–Kier alpha value is -4.54. The molecule has 1 aliphatic rings. The fourth-order valence-electron chi connectivity index (χ4n) is 5.36. The Morgan fingerprint density at radius 3 is 2.21 bits per heavy atom. The van der Waals surface area contributed by atoms with Gasteiger partial charge in [0.25, 0.3) is 0 Å². The highest BCUT2D eigenvalue weighted by molar-refractivity contribution is 5.70. The number of benzene rings is 5. The Bertz CT molecular complexity index is 1550. The quantitative estimate of drug-likeness (QED) is 0.256. The summed E-state index contributed by atoms with van der Waals surface area (Å²) in [6.45, 7) is 1.34. The van der Waals surface area contributed by atoms with Crippen molar-refractivity contribution in [1.29, 1.82) is 0 Å². The minimum absolute atomic E-state index is 0.0425. The summed E-state index contributed by atoms with van der Waals surface area (Å²) in [4.78, 5) is 2.19. The molecule has 0 spiro atoms. The number of aliphatic hydroxyl groups is 1. The van der Waals surface area contributed by atoms with E-state index in [1.54, 1.807) is 18.2 Å². The van der Waals surface area contributed by atoms with Crippen molar-refractivity contribution >= 4 is 5.69 Å². The van der Waals surface area contributed by atoms with Crippen LogP contribution in [0.4, 0.5) is 5.69 Å². The first-order chi connectivity index (χ1) is 18.6. The van der Waals surface area contributed by atoms with Crippen LogP contribution in [0.25, 0.3) is 11.1 Å². The summed E-state index contributed by atoms with van der Waals surface area (Å²) in [6, 6.07) is 41.7. The molecule has 4 heteroatoms. The molecule has 4 nitrogen and oxygen atoms in total. The third kappa shape index (κ3) is 4.51. The van der Waals surface area contributed by atoms with Crippen LogP contribution < -0.4 is 9.64 Å². The summed E-state index contributed by atoms with van der Waals surface area (Å²) in [5.41, 5.74) is 5.31. The average molecular weight is 500 g/mol. The molecular weight excluding hydrogens is 470 g/mol. The molecular formula is C34H29NO3. The number of anilines is 1. The van der Waals surface area contributed by atoms with Gasteiger partial charge in [0.1, 0.15) is 23.7 Å². The number of ether oxygens (including phenoxy) is 1. The zero-order chi connectivity index (χ0) is 26.0. The number of hydrogen-bond donors (Lipinski definition) is 2. The molecule has 0 aliphatic carbocycles. The topological polar surface area (TPSA) is 52.9 Å². The highest BCUT2D eigenvalue weighted by Gasteiger charge is 2.44. The predicted molar refractivity (Wildman–Crippen MR) is 151 cm³/mol. The molecule has 188 valence electrons. The number of rotatable bonds is 7. The number of hydrogen-bond acceptors (Lipinski definition) is 4. The molecule has 0 saturated heterocycles. The van der Waals surface area contributed by atoms with Crippen molar-refractivity contribution in [2.75, 3.05) is 11.4 Å². The maximum Gasteiger partial charge on any atom is 0.138 e. The zero-order valence-corrected chi connectivity index (χ0v) is 21.0. The van der Waals surface area contributed by atoms with Crippen LogP contribution in [0.2, 0.25) is 0 Å². The molecule has 0 amide bonds. The molecule has 5 aromatic carbocycles. The molecule has 0 bridgehead atoms. The van der Waals surface area contributed by atoms with Gasteiger partial charge in [0.2, 0.25) is 0 Å². The van der Waals surface area contributed by atoms with Gasteiger partial charge in [0, 0.05) is 23.4 Å². The van der Waals surface area contributed by atoms with E-state index >= 15 is 0 Å². The Balaban J connectivity index is 1.33. The number of phenolic OH excluding ortho intramolecular Hbond substituents is 1. The molecule has 1 unspecified atom stereocenters. The molecule has 38 heavy (non-hydrogen) atoms. The lowest BCUT2D eigenvalue weighted by molar-refractivity contribution is 0.0944. The van der Waals surface area contributed by atoms with Gasteiger partial charge in [0.05, 0.1) is 6.54 Å². The van der Waals surface area contributed by atoms with Crippen LogP contribution in [0.15, 0.2) is 127 Å². The summed E-state index contributed by atoms with van der Waals surface area (Å²) in [5.74, 6) is 0.640. The van der Waals surface area contributed by atoms with E-state index in [1.165, 1.54) is 11.1 Å². The fraction of sp³-hybridized carbons (Fsp3) is 0.118. The third-order valence-electron chi connectivity index (χ3n) is 7.24. The van der Waals surface area contributed by atoms with Gasteiger partial charge in [0.15, 0.2) is 0 Å². The fourth-order valence-corrected chi connectivity index (χ4v) is 5.36. The lowest BCUT2D eigenvalue weighted by atomic mass is 9.87. The maximum atomic E-state index is 12.2. The number of β-amino-alcohol motifs (C(OH)–C–C–N with tert-alkyl or cyclic N) is 1. The molecule has 0 fully saturated rings. The Labute approximate surface area is 223 Å². The molecule has 2 N–H and O–H groups in total. The van der Waals surface area contributed by atoms with E-state index in [4.69, 9.17) is 4.74 Å². The van der Waals surface area contributed by atoms with Crippen molar-refractivity contribution in [2.45, 2.75) is 18.8 Å². The lowest BCUT2D eigenvalue weighted by Crippen LogP contribution is -2.34. The van der Waals surface area contributed by atoms with Crippen molar-refractivity contribution in [2.24, 2.45) is 0 Å². The molecule has 5 aromatic rings. The van der Waals surface area contributed by atoms with Gasteiger partial charge in [-0.2, -0.15) is 0 Å². The summed E-state index contributed by atoms with van der Waals surface area (Å²) < 4.78 is 6.03. The van der Waals surface area contributed by atoms with E-state index in [0.717, 1.165) is 22.4 Å². The van der Waals surface area contributed by atoms with Crippen LogP contribution in [0.1, 0.15) is 22.3 Å². The second kappa shape index (κ2) is 10.1. The second-order valence-electron chi connectivity index (χ2n) is 9.71. The number of aromatic hydroxyl groups is 1. The number of phenols is 1. The third-order valence-corrected chi connectivity index (χ3v) is 7.24. The number of fused-ring (bicyclic) bond motifs is 1. The number of para-hydroxylation sites is 1. The molecule has 1 heterocycles. The molecule has 0 aromatic heterocycles. The van der Waals surface area contributed by atoms with Gasteiger partial charge in [-0.15, -0.1) is 0 Å². The smallest absolute Gasteiger partial charge is 0.138 e. The van der Waals surface area contributed by atoms with Crippen molar-refractivity contribution < 1.29 is 14.9 Å². The first-order valence-corrected chi connectivity index (χ1v) is 12.8. The largest absolute Gasteiger partial charge is 0.508 e. The van der Waals surface area contributed by atoms with E-state index in [1.807, 2.05) is 72.8 Å². The summed E-state index contributed by atoms with van der Waals surface area (Å²) in [7, 11) is 0. The van der Waals surface area contributed by atoms with Crippen LogP contribution >= 0.6 is 0 Å². The monoisotopic (exact) mass is 499 g/mol. The Morgan fingerprint density at radius 1 is 0.711 bits per heavy atom. The van der Waals surface area contributed by atoms with Gasteiger partial charge in [-0.3, -0.25) is 0 Å². The first-order valence-electron chi connectivity index (χ1n) is 12.8. The van der Waals surface area contributed by atoms with Crippen LogP contribution in [-0.4, -0.2) is 16.8 Å². The van der Waals surface area contributed by atoms with E-state index in [2.05, 4.69) is 41.3 Å². The van der Waals surface area contributed by atoms with Gasteiger partial charge in [-0.1, -0.05) is 103 Å². The van der Waals surface area contributed by atoms with E-state index < -0.39 is 5.60 Å². The highest BCUT2D eigenvalue weighted by Crippen LogP contribution is 2.47. The van der Waals surface area contributed by atoms with Crippen LogP contribution in [-0.2, 0) is 18.8 Å². The van der Waals surface area contributed by atoms with Gasteiger partial charge in [-0.25, -0.2) is 0 Å². The van der Waals surface area contributed by atoms with Gasteiger partial charge < -0.3 is 19.8 Å². The Morgan fingerprint density at radius 2 is 1.39 bits per heavy atom. The summed E-state index contributed by atoms with van der Waals surface area (Å²) in [5, 5.41) is 23.1. The van der Waals surface area contributed by atoms with Crippen molar-refractivity contribution in [3.05, 3.63) is 150 Å². The Kier molecular flexibility index (Phi) is 6.32. The minimum Gasteiger partial charge on any atom is -0.508 e. The zero-order valence-electron chi connectivity index (χ0n) is 21.0. The summed E-state index contributed by atoms with van der Waals surface area (Å²) in [6.07, 6.45) is 0. The van der Waals surface area contributed by atoms with Crippen molar-refractivity contribution in [3.8, 4) is 22.6 Å². The van der Waals surface area contributed by atoms with Crippen LogP contribution in [0.3, 0.4) is 0 Å². The minimum atomic E-state index is -1.39. The van der Waals surface area contributed by atoms with E-state index in [0.29, 0.717) is 31.0 Å².